The molecule has 0 rings (SSSR count). The van der Waals surface area contributed by atoms with Crippen molar-refractivity contribution in [3.63, 3.8) is 0 Å². The lowest BCUT2D eigenvalue weighted by atomic mass is 9.96. The Kier molecular flexibility index (Phi) is 6.82. The molecule has 0 fully saturated rings. The Morgan fingerprint density at radius 2 is 1.93 bits per heavy atom. The molecule has 0 heterocycles. The van der Waals surface area contributed by atoms with Crippen LogP contribution in [0.3, 0.4) is 0 Å². The lowest BCUT2D eigenvalue weighted by Gasteiger charge is -2.16. The third kappa shape index (κ3) is 8.61. The van der Waals surface area contributed by atoms with Gasteiger partial charge < -0.3 is 4.79 Å². The fourth-order valence-corrected chi connectivity index (χ4v) is 2.34. The molecule has 0 aromatic heterocycles. The highest BCUT2D eigenvalue weighted by molar-refractivity contribution is 6.76. The molecule has 1 unspecified atom stereocenters. The Morgan fingerprint density at radius 1 is 1.33 bits per heavy atom. The number of hydrogen-bond donors (Lipinski definition) is 0. The molecule has 0 saturated carbocycles. The van der Waals surface area contributed by atoms with Crippen LogP contribution in [-0.4, -0.2) is 14.4 Å². The summed E-state index contributed by atoms with van der Waals surface area (Å²) in [5.41, 5.74) is 1.50. The van der Waals surface area contributed by atoms with E-state index in [-0.39, 0.29) is 0 Å². The molecule has 0 aliphatic rings. The molecule has 0 aromatic carbocycles. The van der Waals surface area contributed by atoms with Crippen molar-refractivity contribution in [2.45, 2.75) is 58.8 Å². The summed E-state index contributed by atoms with van der Waals surface area (Å²) in [4.78, 5) is 10.2. The fraction of sp³-hybridized carbons (Fsp3) is 0.769. The molecule has 88 valence electrons. The molecule has 0 N–H and O–H groups in total. The van der Waals surface area contributed by atoms with Gasteiger partial charge in [0.15, 0.2) is 0 Å². The van der Waals surface area contributed by atoms with Crippen LogP contribution in [0, 0.1) is 5.92 Å². The first-order valence-electron chi connectivity index (χ1n) is 5.97. The van der Waals surface area contributed by atoms with Crippen molar-refractivity contribution >= 4 is 14.4 Å². The molecule has 0 radical (unpaired) electrons. The zero-order valence-electron chi connectivity index (χ0n) is 11.0. The second-order valence-corrected chi connectivity index (χ2v) is 11.2. The molecule has 2 heteroatoms. The summed E-state index contributed by atoms with van der Waals surface area (Å²) < 4.78 is 0. The average Bonchev–Trinajstić information content (AvgIpc) is 2.13. The van der Waals surface area contributed by atoms with Crippen LogP contribution >= 0.6 is 0 Å². The van der Waals surface area contributed by atoms with Gasteiger partial charge in [0.05, 0.1) is 0 Å². The smallest absolute Gasteiger partial charge is 0.119 e. The van der Waals surface area contributed by atoms with Crippen molar-refractivity contribution in [3.05, 3.63) is 11.6 Å². The molecule has 0 aliphatic heterocycles. The van der Waals surface area contributed by atoms with Crippen molar-refractivity contribution in [2.75, 3.05) is 0 Å². The lowest BCUT2D eigenvalue weighted by molar-refractivity contribution is -0.107. The van der Waals surface area contributed by atoms with Crippen molar-refractivity contribution < 1.29 is 4.79 Å². The standard InChI is InChI=1S/C13H26OSi/c1-12(8-6-7-10-14)13(2)9-11-15(3,4)5/h9-10,12H,6-8,11H2,1-5H3/b13-9-. The molecule has 1 nitrogen and oxygen atoms in total. The first-order chi connectivity index (χ1) is 6.87. The molecule has 1 atom stereocenters. The maximum absolute atomic E-state index is 10.2. The normalized spacial score (nSPS) is 15.1. The summed E-state index contributed by atoms with van der Waals surface area (Å²) in [5, 5.41) is 0. The molecule has 0 saturated heterocycles. The molecule has 0 spiro atoms. The van der Waals surface area contributed by atoms with E-state index in [4.69, 9.17) is 0 Å². The zero-order valence-corrected chi connectivity index (χ0v) is 12.0. The van der Waals surface area contributed by atoms with E-state index >= 15 is 0 Å². The summed E-state index contributed by atoms with van der Waals surface area (Å²) >= 11 is 0. The van der Waals surface area contributed by atoms with Crippen LogP contribution in [0.4, 0.5) is 0 Å². The van der Waals surface area contributed by atoms with Gasteiger partial charge in [-0.3, -0.25) is 0 Å². The maximum Gasteiger partial charge on any atom is 0.119 e. The van der Waals surface area contributed by atoms with E-state index in [0.29, 0.717) is 12.3 Å². The molecule has 0 bridgehead atoms. The quantitative estimate of drug-likeness (QED) is 0.274. The van der Waals surface area contributed by atoms with Gasteiger partial charge in [0.2, 0.25) is 0 Å². The van der Waals surface area contributed by atoms with E-state index in [9.17, 15) is 4.79 Å². The van der Waals surface area contributed by atoms with Gasteiger partial charge in [0.1, 0.15) is 6.29 Å². The molecule has 0 aromatic rings. The van der Waals surface area contributed by atoms with E-state index in [1.165, 1.54) is 11.6 Å². The number of carbonyl (C=O) groups excluding carboxylic acids is 1. The number of aldehydes is 1. The third-order valence-corrected chi connectivity index (χ3v) is 4.20. The average molecular weight is 226 g/mol. The van der Waals surface area contributed by atoms with Gasteiger partial charge in [0, 0.05) is 14.5 Å². The minimum Gasteiger partial charge on any atom is -0.303 e. The topological polar surface area (TPSA) is 17.1 Å². The number of carbonyl (C=O) groups is 1. The lowest BCUT2D eigenvalue weighted by Crippen LogP contribution is -2.17. The Bertz CT molecular complexity index is 213. The highest BCUT2D eigenvalue weighted by atomic mass is 28.3. The van der Waals surface area contributed by atoms with Crippen LogP contribution in [0.25, 0.3) is 0 Å². The maximum atomic E-state index is 10.2. The van der Waals surface area contributed by atoms with Gasteiger partial charge in [-0.1, -0.05) is 38.2 Å². The minimum absolute atomic E-state index is 0.640. The van der Waals surface area contributed by atoms with Crippen molar-refractivity contribution in [3.8, 4) is 0 Å². The van der Waals surface area contributed by atoms with E-state index in [1.54, 1.807) is 0 Å². The van der Waals surface area contributed by atoms with Crippen LogP contribution in [0.1, 0.15) is 33.1 Å². The molecule has 15 heavy (non-hydrogen) atoms. The Balaban J connectivity index is 3.96. The Hall–Kier alpha value is -0.373. The number of rotatable bonds is 7. The predicted molar refractivity (Wildman–Crippen MR) is 71.0 cm³/mol. The molecular formula is C13H26OSi. The Labute approximate surface area is 96.0 Å². The van der Waals surface area contributed by atoms with Gasteiger partial charge in [0.25, 0.3) is 0 Å². The van der Waals surface area contributed by atoms with Gasteiger partial charge in [-0.05, 0) is 31.7 Å². The summed E-state index contributed by atoms with van der Waals surface area (Å²) in [6.45, 7) is 11.7. The number of hydrogen-bond acceptors (Lipinski definition) is 1. The highest BCUT2D eigenvalue weighted by Gasteiger charge is 2.11. The summed E-state index contributed by atoms with van der Waals surface area (Å²) in [6.07, 6.45) is 6.33. The molecule has 0 aliphatic carbocycles. The highest BCUT2D eigenvalue weighted by Crippen LogP contribution is 2.19. The minimum atomic E-state index is -0.937. The number of unbranched alkanes of at least 4 members (excludes halogenated alkanes) is 1. The van der Waals surface area contributed by atoms with Crippen molar-refractivity contribution in [1.82, 2.24) is 0 Å². The van der Waals surface area contributed by atoms with Crippen LogP contribution in [-0.2, 0) is 4.79 Å². The van der Waals surface area contributed by atoms with Gasteiger partial charge in [-0.15, -0.1) is 0 Å². The monoisotopic (exact) mass is 226 g/mol. The summed E-state index contributed by atoms with van der Waals surface area (Å²) in [7, 11) is -0.937. The second-order valence-electron chi connectivity index (χ2n) is 5.71. The van der Waals surface area contributed by atoms with E-state index < -0.39 is 8.07 Å². The van der Waals surface area contributed by atoms with E-state index in [0.717, 1.165) is 19.1 Å². The molecular weight excluding hydrogens is 200 g/mol. The van der Waals surface area contributed by atoms with Crippen LogP contribution in [0.5, 0.6) is 0 Å². The van der Waals surface area contributed by atoms with Gasteiger partial charge >= 0.3 is 0 Å². The predicted octanol–water partition coefficient (Wildman–Crippen LogP) is 4.28. The first kappa shape index (κ1) is 14.6. The summed E-state index contributed by atoms with van der Waals surface area (Å²) in [6, 6.07) is 1.27. The second kappa shape index (κ2) is 6.99. The van der Waals surface area contributed by atoms with Crippen LogP contribution in [0.2, 0.25) is 25.7 Å². The first-order valence-corrected chi connectivity index (χ1v) is 9.68. The van der Waals surface area contributed by atoms with Crippen molar-refractivity contribution in [2.24, 2.45) is 5.92 Å². The van der Waals surface area contributed by atoms with Gasteiger partial charge in [-0.2, -0.15) is 0 Å². The van der Waals surface area contributed by atoms with E-state index in [1.807, 2.05) is 0 Å². The summed E-state index contributed by atoms with van der Waals surface area (Å²) in [5.74, 6) is 0.640. The van der Waals surface area contributed by atoms with Crippen LogP contribution in [0.15, 0.2) is 11.6 Å². The third-order valence-electron chi connectivity index (χ3n) is 2.77. The largest absolute Gasteiger partial charge is 0.303 e. The Morgan fingerprint density at radius 3 is 2.40 bits per heavy atom. The zero-order chi connectivity index (χ0) is 11.9. The fourth-order valence-electron chi connectivity index (χ4n) is 1.40. The SMILES string of the molecule is C/C(=C/C[Si](C)(C)C)C(C)CCCC=O. The van der Waals surface area contributed by atoms with Crippen LogP contribution < -0.4 is 0 Å². The number of allylic oxidation sites excluding steroid dienone is 2. The van der Waals surface area contributed by atoms with Gasteiger partial charge in [-0.25, -0.2) is 0 Å². The molecule has 0 amide bonds. The van der Waals surface area contributed by atoms with Crippen molar-refractivity contribution in [1.29, 1.82) is 0 Å². The van der Waals surface area contributed by atoms with E-state index in [2.05, 4.69) is 39.6 Å².